The highest BCUT2D eigenvalue weighted by Crippen LogP contribution is 2.32. The number of nitrogens with two attached hydrogens (primary N) is 1. The third kappa shape index (κ3) is 3.86. The molecule has 1 atom stereocenters. The number of fused-ring (bicyclic) bond motifs is 1. The number of aromatic nitrogens is 3. The molecule has 1 aliphatic rings. The van der Waals surface area contributed by atoms with E-state index in [2.05, 4.69) is 15.4 Å². The number of nitrogens with one attached hydrogen (secondary N) is 1. The quantitative estimate of drug-likeness (QED) is 0.466. The Kier molecular flexibility index (Phi) is 5.16. The summed E-state index contributed by atoms with van der Waals surface area (Å²) in [6, 6.07) is 16.7. The highest BCUT2D eigenvalue weighted by Gasteiger charge is 2.32. The van der Waals surface area contributed by atoms with E-state index in [0.717, 1.165) is 28.7 Å². The number of hydrogen-bond acceptors (Lipinski definition) is 5. The van der Waals surface area contributed by atoms with Crippen LogP contribution in [0.15, 0.2) is 60.8 Å². The lowest BCUT2D eigenvalue weighted by atomic mass is 10.0. The maximum absolute atomic E-state index is 13.1. The molecule has 2 aromatic carbocycles. The third-order valence-corrected chi connectivity index (χ3v) is 5.78. The van der Waals surface area contributed by atoms with Crippen LogP contribution in [0.1, 0.15) is 23.6 Å². The maximum atomic E-state index is 13.1. The van der Waals surface area contributed by atoms with Gasteiger partial charge in [-0.3, -0.25) is 4.84 Å². The van der Waals surface area contributed by atoms with E-state index in [1.807, 2.05) is 61.5 Å². The SMILES string of the molecule is Cc1ccc(-c2ccn3nc(N)nc3c2)cc1NC(=O)N1OCC[C@H]1c1ccc(Cl)cc1. The average molecular weight is 449 g/mol. The second-order valence-corrected chi connectivity index (χ2v) is 8.10. The molecule has 3 N–H and O–H groups in total. The van der Waals surface area contributed by atoms with Gasteiger partial charge in [-0.25, -0.2) is 9.31 Å². The fourth-order valence-corrected chi connectivity index (χ4v) is 3.97. The molecule has 0 bridgehead atoms. The minimum absolute atomic E-state index is 0.170. The summed E-state index contributed by atoms with van der Waals surface area (Å²) in [5.41, 5.74) is 10.8. The second-order valence-electron chi connectivity index (χ2n) is 7.66. The molecule has 1 fully saturated rings. The van der Waals surface area contributed by atoms with Crippen LogP contribution in [-0.2, 0) is 4.84 Å². The van der Waals surface area contributed by atoms with E-state index in [-0.39, 0.29) is 18.0 Å². The molecule has 162 valence electrons. The summed E-state index contributed by atoms with van der Waals surface area (Å²) in [4.78, 5) is 22.9. The number of carbonyl (C=O) groups is 1. The van der Waals surface area contributed by atoms with Gasteiger partial charge in [-0.05, 0) is 59.5 Å². The molecule has 8 nitrogen and oxygen atoms in total. The number of nitrogen functional groups attached to an aromatic ring is 1. The largest absolute Gasteiger partial charge is 0.366 e. The zero-order valence-electron chi connectivity index (χ0n) is 17.3. The van der Waals surface area contributed by atoms with E-state index in [1.165, 1.54) is 5.06 Å². The minimum Gasteiger partial charge on any atom is -0.366 e. The Labute approximate surface area is 189 Å². The number of benzene rings is 2. The van der Waals surface area contributed by atoms with Gasteiger partial charge in [0.05, 0.1) is 12.6 Å². The Hall–Kier alpha value is -3.62. The van der Waals surface area contributed by atoms with Gasteiger partial charge >= 0.3 is 6.03 Å². The monoisotopic (exact) mass is 448 g/mol. The van der Waals surface area contributed by atoms with Crippen LogP contribution in [0.5, 0.6) is 0 Å². The second kappa shape index (κ2) is 8.14. The molecule has 1 saturated heterocycles. The van der Waals surface area contributed by atoms with Gasteiger partial charge in [0.1, 0.15) is 0 Å². The van der Waals surface area contributed by atoms with Crippen molar-refractivity contribution >= 4 is 34.9 Å². The van der Waals surface area contributed by atoms with Crippen LogP contribution < -0.4 is 11.1 Å². The summed E-state index contributed by atoms with van der Waals surface area (Å²) < 4.78 is 1.62. The first-order valence-corrected chi connectivity index (χ1v) is 10.6. The standard InChI is InChI=1S/C23H21ClN6O2/c1-14-2-3-16(17-8-10-29-21(13-17)27-22(25)28-29)12-19(14)26-23(31)30-20(9-11-32-30)15-4-6-18(24)7-5-15/h2-8,10,12-13,20H,9,11H2,1H3,(H2,25,28)(H,26,31)/t20-/m0/s1. The summed E-state index contributed by atoms with van der Waals surface area (Å²) in [7, 11) is 0. The Morgan fingerprint density at radius 1 is 1.16 bits per heavy atom. The summed E-state index contributed by atoms with van der Waals surface area (Å²) in [6.45, 7) is 2.42. The molecule has 9 heteroatoms. The molecule has 4 aromatic rings. The number of urea groups is 1. The molecule has 2 aromatic heterocycles. The number of hydroxylamine groups is 2. The van der Waals surface area contributed by atoms with Crippen molar-refractivity contribution in [3.63, 3.8) is 0 Å². The van der Waals surface area contributed by atoms with E-state index >= 15 is 0 Å². The number of halogens is 1. The predicted octanol–water partition coefficient (Wildman–Crippen LogP) is 4.85. The summed E-state index contributed by atoms with van der Waals surface area (Å²) in [5, 5.41) is 9.16. The zero-order valence-corrected chi connectivity index (χ0v) is 18.1. The molecule has 2 amide bonds. The van der Waals surface area contributed by atoms with Crippen molar-refractivity contribution in [2.45, 2.75) is 19.4 Å². The van der Waals surface area contributed by atoms with Gasteiger partial charge in [0.25, 0.3) is 0 Å². The van der Waals surface area contributed by atoms with Gasteiger partial charge in [0.2, 0.25) is 5.95 Å². The number of rotatable bonds is 3. The lowest BCUT2D eigenvalue weighted by Crippen LogP contribution is -2.33. The number of hydrogen-bond donors (Lipinski definition) is 2. The normalized spacial score (nSPS) is 15.9. The molecular weight excluding hydrogens is 428 g/mol. The van der Waals surface area contributed by atoms with Crippen LogP contribution in [-0.4, -0.2) is 32.3 Å². The Bertz CT molecular complexity index is 1300. The average Bonchev–Trinajstić information content (AvgIpc) is 3.41. The molecule has 0 aliphatic carbocycles. The zero-order chi connectivity index (χ0) is 22.2. The van der Waals surface area contributed by atoms with Gasteiger partial charge in [0.15, 0.2) is 5.65 Å². The van der Waals surface area contributed by atoms with E-state index in [0.29, 0.717) is 23.0 Å². The fourth-order valence-electron chi connectivity index (χ4n) is 3.84. The van der Waals surface area contributed by atoms with Crippen molar-refractivity contribution < 1.29 is 9.63 Å². The summed E-state index contributed by atoms with van der Waals surface area (Å²) in [5.74, 6) is 0.222. The number of carbonyl (C=O) groups excluding carboxylic acids is 1. The van der Waals surface area contributed by atoms with Gasteiger partial charge in [0, 0.05) is 23.3 Å². The van der Waals surface area contributed by atoms with Crippen LogP contribution in [0.25, 0.3) is 16.8 Å². The molecule has 0 spiro atoms. The third-order valence-electron chi connectivity index (χ3n) is 5.53. The molecule has 0 unspecified atom stereocenters. The van der Waals surface area contributed by atoms with E-state index in [4.69, 9.17) is 22.2 Å². The van der Waals surface area contributed by atoms with Crippen LogP contribution >= 0.6 is 11.6 Å². The Morgan fingerprint density at radius 2 is 1.94 bits per heavy atom. The number of pyridine rings is 1. The molecule has 1 aliphatic heterocycles. The number of anilines is 2. The predicted molar refractivity (Wildman–Crippen MR) is 123 cm³/mol. The van der Waals surface area contributed by atoms with Crippen molar-refractivity contribution in [2.24, 2.45) is 0 Å². The number of aryl methyl sites for hydroxylation is 1. The molecule has 32 heavy (non-hydrogen) atoms. The number of nitrogens with zero attached hydrogens (tertiary/aromatic N) is 4. The lowest BCUT2D eigenvalue weighted by Gasteiger charge is -2.23. The molecule has 3 heterocycles. The van der Waals surface area contributed by atoms with Gasteiger partial charge < -0.3 is 11.1 Å². The van der Waals surface area contributed by atoms with Crippen molar-refractivity contribution in [2.75, 3.05) is 17.7 Å². The van der Waals surface area contributed by atoms with Crippen LogP contribution in [0.3, 0.4) is 0 Å². The van der Waals surface area contributed by atoms with Gasteiger partial charge in [-0.15, -0.1) is 5.10 Å². The Balaban J connectivity index is 1.39. The summed E-state index contributed by atoms with van der Waals surface area (Å²) >= 11 is 6.00. The summed E-state index contributed by atoms with van der Waals surface area (Å²) in [6.07, 6.45) is 2.52. The first kappa shape index (κ1) is 20.3. The first-order chi connectivity index (χ1) is 15.5. The van der Waals surface area contributed by atoms with Crippen molar-refractivity contribution in [1.29, 1.82) is 0 Å². The van der Waals surface area contributed by atoms with Gasteiger partial charge in [-0.2, -0.15) is 10.0 Å². The van der Waals surface area contributed by atoms with Crippen molar-refractivity contribution in [3.05, 3.63) is 76.9 Å². The van der Waals surface area contributed by atoms with Crippen molar-refractivity contribution in [3.8, 4) is 11.1 Å². The van der Waals surface area contributed by atoms with Gasteiger partial charge in [-0.1, -0.05) is 35.9 Å². The van der Waals surface area contributed by atoms with Crippen LogP contribution in [0.4, 0.5) is 16.4 Å². The first-order valence-electron chi connectivity index (χ1n) is 10.2. The molecule has 0 saturated carbocycles. The van der Waals surface area contributed by atoms with E-state index in [1.54, 1.807) is 10.7 Å². The number of amides is 2. The maximum Gasteiger partial charge on any atom is 0.346 e. The van der Waals surface area contributed by atoms with E-state index < -0.39 is 0 Å². The lowest BCUT2D eigenvalue weighted by molar-refractivity contribution is -0.0829. The topological polar surface area (TPSA) is 97.8 Å². The smallest absolute Gasteiger partial charge is 0.346 e. The molecule has 5 rings (SSSR count). The highest BCUT2D eigenvalue weighted by atomic mass is 35.5. The molecule has 0 radical (unpaired) electrons. The highest BCUT2D eigenvalue weighted by molar-refractivity contribution is 6.30. The Morgan fingerprint density at radius 3 is 2.75 bits per heavy atom. The van der Waals surface area contributed by atoms with Crippen molar-refractivity contribution in [1.82, 2.24) is 19.7 Å². The van der Waals surface area contributed by atoms with Crippen LogP contribution in [0, 0.1) is 6.92 Å². The minimum atomic E-state index is -0.316. The fraction of sp³-hybridized carbons (Fsp3) is 0.174. The van der Waals surface area contributed by atoms with E-state index in [9.17, 15) is 4.79 Å². The van der Waals surface area contributed by atoms with Crippen LogP contribution in [0.2, 0.25) is 5.02 Å². The molecular formula is C23H21ClN6O2.